The molecule has 0 amide bonds. The first-order valence-corrected chi connectivity index (χ1v) is 9.28. The smallest absolute Gasteiger partial charge is 0.220 e. The molecule has 1 aromatic carbocycles. The minimum Gasteiger partial charge on any atom is -0.508 e. The zero-order valence-electron chi connectivity index (χ0n) is 16.0. The molecule has 0 saturated carbocycles. The maximum absolute atomic E-state index is 10.2. The van der Waals surface area contributed by atoms with Gasteiger partial charge < -0.3 is 25.5 Å². The van der Waals surface area contributed by atoms with Crippen molar-refractivity contribution in [3.8, 4) is 5.75 Å². The molecule has 0 fully saturated rings. The first-order chi connectivity index (χ1) is 12.0. The molecule has 0 aliphatic carbocycles. The molecule has 0 radical (unpaired) electrons. The summed E-state index contributed by atoms with van der Waals surface area (Å²) in [5.41, 5.74) is 1.29. The van der Waals surface area contributed by atoms with Crippen LogP contribution in [0.25, 0.3) is 0 Å². The lowest BCUT2D eigenvalue weighted by molar-refractivity contribution is -0.206. The molecule has 0 saturated heterocycles. The van der Waals surface area contributed by atoms with Crippen LogP contribution in [0.15, 0.2) is 18.2 Å². The summed E-state index contributed by atoms with van der Waals surface area (Å²) < 4.78 is 0. The Labute approximate surface area is 155 Å². The van der Waals surface area contributed by atoms with Gasteiger partial charge in [-0.15, -0.1) is 0 Å². The van der Waals surface area contributed by atoms with Crippen LogP contribution in [0.2, 0.25) is 0 Å². The number of phenolic OH excluding ortho intramolecular Hbond substituents is 1. The van der Waals surface area contributed by atoms with Gasteiger partial charge in [0.2, 0.25) is 11.8 Å². The number of aliphatic hydroxyl groups is 4. The quantitative estimate of drug-likeness (QED) is 0.221. The third-order valence-electron chi connectivity index (χ3n) is 4.06. The predicted octanol–water partition coefficient (Wildman–Crippen LogP) is 1.79. The number of benzene rings is 1. The van der Waals surface area contributed by atoms with Gasteiger partial charge >= 0.3 is 0 Å². The van der Waals surface area contributed by atoms with E-state index in [0.29, 0.717) is 5.56 Å². The van der Waals surface area contributed by atoms with Gasteiger partial charge in [-0.05, 0) is 30.5 Å². The van der Waals surface area contributed by atoms with E-state index in [9.17, 15) is 25.5 Å². The number of hydrogen-bond acceptors (Lipinski definition) is 7. The Hall–Kier alpha value is -1.22. The molecule has 7 nitrogen and oxygen atoms in total. The molecule has 0 bridgehead atoms. The van der Waals surface area contributed by atoms with Crippen LogP contribution in [0.3, 0.4) is 0 Å². The summed E-state index contributed by atoms with van der Waals surface area (Å²) in [6, 6.07) is 5.07. The van der Waals surface area contributed by atoms with Crippen LogP contribution in [0.1, 0.15) is 76.6 Å². The lowest BCUT2D eigenvalue weighted by Crippen LogP contribution is -2.54. The van der Waals surface area contributed by atoms with Crippen molar-refractivity contribution in [3.05, 3.63) is 29.3 Å². The van der Waals surface area contributed by atoms with Gasteiger partial charge in [-0.2, -0.15) is 0 Å². The van der Waals surface area contributed by atoms with Crippen molar-refractivity contribution >= 4 is 0 Å². The second-order valence-corrected chi connectivity index (χ2v) is 7.17. The van der Waals surface area contributed by atoms with E-state index >= 15 is 0 Å². The van der Waals surface area contributed by atoms with Gasteiger partial charge in [-0.3, -0.25) is 0 Å². The van der Waals surface area contributed by atoms with E-state index in [1.807, 2.05) is 6.07 Å². The highest BCUT2D eigenvalue weighted by molar-refractivity contribution is 5.38. The Morgan fingerprint density at radius 3 is 1.96 bits per heavy atom. The van der Waals surface area contributed by atoms with Crippen molar-refractivity contribution in [2.75, 3.05) is 0 Å². The standard InChI is InChI=1S/C19H34N2O5/c1-4-5-6-7-8-9-10-14-11-12-16(22)15(13-14)17(20-18(2,23)24)21-19(3,25)26/h11-13,17,20-26H,4-10H2,1-3H3. The third kappa shape index (κ3) is 9.47. The minimum absolute atomic E-state index is 0.0878. The van der Waals surface area contributed by atoms with Crippen molar-refractivity contribution in [1.29, 1.82) is 0 Å². The Balaban J connectivity index is 2.83. The van der Waals surface area contributed by atoms with Crippen LogP contribution in [-0.4, -0.2) is 37.4 Å². The minimum atomic E-state index is -2.27. The summed E-state index contributed by atoms with van der Waals surface area (Å²) in [5.74, 6) is -4.63. The van der Waals surface area contributed by atoms with Gasteiger partial charge in [-0.25, -0.2) is 10.6 Å². The maximum atomic E-state index is 10.2. The molecule has 0 atom stereocenters. The van der Waals surface area contributed by atoms with Crippen LogP contribution < -0.4 is 10.6 Å². The molecule has 7 heteroatoms. The van der Waals surface area contributed by atoms with Gasteiger partial charge in [0.1, 0.15) is 5.75 Å². The average molecular weight is 370 g/mol. The molecule has 0 heterocycles. The first kappa shape index (κ1) is 22.8. The number of phenols is 1. The number of hydrogen-bond donors (Lipinski definition) is 7. The third-order valence-corrected chi connectivity index (χ3v) is 4.06. The molecule has 0 aliphatic rings. The summed E-state index contributed by atoms with van der Waals surface area (Å²) in [6.45, 7) is 4.39. The number of aryl methyl sites for hydroxylation is 1. The van der Waals surface area contributed by atoms with Crippen LogP contribution in [-0.2, 0) is 6.42 Å². The topological polar surface area (TPSA) is 125 Å². The number of aromatic hydroxyl groups is 1. The zero-order chi connectivity index (χ0) is 19.8. The van der Waals surface area contributed by atoms with Gasteiger partial charge in [0.15, 0.2) is 0 Å². The van der Waals surface area contributed by atoms with E-state index in [-0.39, 0.29) is 5.75 Å². The molecule has 1 aromatic rings. The van der Waals surface area contributed by atoms with Gasteiger partial charge in [0.25, 0.3) is 0 Å². The van der Waals surface area contributed by atoms with E-state index in [1.165, 1.54) is 31.7 Å². The fourth-order valence-electron chi connectivity index (χ4n) is 2.84. The summed E-state index contributed by atoms with van der Waals surface area (Å²) in [5, 5.41) is 53.4. The summed E-state index contributed by atoms with van der Waals surface area (Å²) in [7, 11) is 0. The van der Waals surface area contributed by atoms with Crippen molar-refractivity contribution in [3.63, 3.8) is 0 Å². The highest BCUT2D eigenvalue weighted by Gasteiger charge is 2.29. The molecule has 150 valence electrons. The molecule has 26 heavy (non-hydrogen) atoms. The Kier molecular flexibility index (Phi) is 8.95. The van der Waals surface area contributed by atoms with Crippen LogP contribution in [0, 0.1) is 0 Å². The highest BCUT2D eigenvalue weighted by atomic mass is 16.5. The fourth-order valence-corrected chi connectivity index (χ4v) is 2.84. The van der Waals surface area contributed by atoms with Gasteiger partial charge in [0, 0.05) is 19.4 Å². The van der Waals surface area contributed by atoms with Crippen molar-refractivity contribution in [2.24, 2.45) is 0 Å². The van der Waals surface area contributed by atoms with Crippen molar-refractivity contribution in [1.82, 2.24) is 10.6 Å². The zero-order valence-corrected chi connectivity index (χ0v) is 16.0. The average Bonchev–Trinajstić information content (AvgIpc) is 2.48. The summed E-state index contributed by atoms with van der Waals surface area (Å²) in [6.07, 6.45) is 6.81. The monoisotopic (exact) mass is 370 g/mol. The Morgan fingerprint density at radius 1 is 0.885 bits per heavy atom. The first-order valence-electron chi connectivity index (χ1n) is 9.28. The van der Waals surface area contributed by atoms with E-state index < -0.39 is 18.0 Å². The molecule has 0 aromatic heterocycles. The normalized spacial score (nSPS) is 12.8. The number of nitrogens with one attached hydrogen (secondary N) is 2. The Bertz CT molecular complexity index is 522. The molecular formula is C19H34N2O5. The van der Waals surface area contributed by atoms with Gasteiger partial charge in [0.05, 0.1) is 6.17 Å². The number of rotatable bonds is 12. The van der Waals surface area contributed by atoms with E-state index in [4.69, 9.17) is 0 Å². The highest BCUT2D eigenvalue weighted by Crippen LogP contribution is 2.27. The molecular weight excluding hydrogens is 336 g/mol. The van der Waals surface area contributed by atoms with Gasteiger partial charge in [-0.1, -0.05) is 45.1 Å². The van der Waals surface area contributed by atoms with Crippen molar-refractivity contribution < 1.29 is 25.5 Å². The number of unbranched alkanes of at least 4 members (excludes halogenated alkanes) is 5. The lowest BCUT2D eigenvalue weighted by atomic mass is 10.0. The lowest BCUT2D eigenvalue weighted by Gasteiger charge is -2.31. The molecule has 0 aliphatic heterocycles. The predicted molar refractivity (Wildman–Crippen MR) is 99.9 cm³/mol. The molecule has 7 N–H and O–H groups in total. The Morgan fingerprint density at radius 2 is 1.42 bits per heavy atom. The van der Waals surface area contributed by atoms with Crippen LogP contribution in [0.4, 0.5) is 0 Å². The fraction of sp³-hybridized carbons (Fsp3) is 0.684. The largest absolute Gasteiger partial charge is 0.508 e. The SMILES string of the molecule is CCCCCCCCc1ccc(O)c(C(NC(C)(O)O)NC(C)(O)O)c1. The molecule has 0 spiro atoms. The van der Waals surface area contributed by atoms with E-state index in [1.54, 1.807) is 6.07 Å². The second kappa shape index (κ2) is 10.2. The second-order valence-electron chi connectivity index (χ2n) is 7.17. The molecule has 1 rings (SSSR count). The van der Waals surface area contributed by atoms with Crippen LogP contribution >= 0.6 is 0 Å². The van der Waals surface area contributed by atoms with E-state index in [2.05, 4.69) is 17.6 Å². The van der Waals surface area contributed by atoms with Crippen LogP contribution in [0.5, 0.6) is 5.75 Å². The van der Waals surface area contributed by atoms with E-state index in [0.717, 1.165) is 38.7 Å². The molecule has 0 unspecified atom stereocenters. The summed E-state index contributed by atoms with van der Waals surface area (Å²) in [4.78, 5) is 0. The summed E-state index contributed by atoms with van der Waals surface area (Å²) >= 11 is 0. The maximum Gasteiger partial charge on any atom is 0.220 e. The van der Waals surface area contributed by atoms with Crippen molar-refractivity contribution in [2.45, 2.75) is 83.7 Å².